The second-order valence-electron chi connectivity index (χ2n) is 12.4. The van der Waals surface area contributed by atoms with Crippen LogP contribution in [0.1, 0.15) is 36.9 Å². The number of hydrogen-bond acceptors (Lipinski definition) is 9. The number of nitrogens with one attached hydrogen (secondary N) is 2. The van der Waals surface area contributed by atoms with Gasteiger partial charge in [0.25, 0.3) is 0 Å². The van der Waals surface area contributed by atoms with Crippen molar-refractivity contribution in [1.29, 1.82) is 5.26 Å². The van der Waals surface area contributed by atoms with Gasteiger partial charge in [-0.15, -0.1) is 8.78 Å². The van der Waals surface area contributed by atoms with Gasteiger partial charge in [-0.25, -0.2) is 13.2 Å². The summed E-state index contributed by atoms with van der Waals surface area (Å²) < 4.78 is 82.5. The normalized spacial score (nSPS) is 23.7. The fourth-order valence-corrected chi connectivity index (χ4v) is 7.38. The summed E-state index contributed by atoms with van der Waals surface area (Å²) >= 11 is 5.05. The molecule has 2 bridgehead atoms. The van der Waals surface area contributed by atoms with E-state index in [1.54, 1.807) is 6.07 Å². The van der Waals surface area contributed by atoms with Crippen LogP contribution in [0.15, 0.2) is 12.1 Å². The number of aryl methyl sites for hydroxylation is 1. The van der Waals surface area contributed by atoms with Crippen LogP contribution >= 0.6 is 11.6 Å². The molecule has 5 fully saturated rings. The summed E-state index contributed by atoms with van der Waals surface area (Å²) in [6, 6.07) is 5.11. The largest absolute Gasteiger partial charge is 0.487 e. The highest BCUT2D eigenvalue weighted by atomic mass is 35.5. The van der Waals surface area contributed by atoms with E-state index in [4.69, 9.17) is 16.3 Å². The Bertz CT molecular complexity index is 1890. The van der Waals surface area contributed by atoms with Gasteiger partial charge in [0.2, 0.25) is 0 Å². The molecule has 9 rings (SSSR count). The zero-order valence-electron chi connectivity index (χ0n) is 25.4. The molecule has 4 unspecified atom stereocenters. The van der Waals surface area contributed by atoms with E-state index in [0.717, 1.165) is 25.5 Å². The predicted molar refractivity (Wildman–Crippen MR) is 164 cm³/mol. The van der Waals surface area contributed by atoms with Gasteiger partial charge in [-0.1, -0.05) is 0 Å². The first-order valence-electron chi connectivity index (χ1n) is 15.2. The van der Waals surface area contributed by atoms with Crippen molar-refractivity contribution in [1.82, 2.24) is 30.4 Å². The van der Waals surface area contributed by atoms with Crippen LogP contribution in [-0.2, 0) is 0 Å². The van der Waals surface area contributed by atoms with Crippen LogP contribution in [0.4, 0.5) is 27.8 Å². The van der Waals surface area contributed by atoms with Crippen molar-refractivity contribution in [3.05, 3.63) is 35.0 Å². The van der Waals surface area contributed by atoms with E-state index in [-0.39, 0.29) is 57.0 Å². The van der Waals surface area contributed by atoms with Crippen LogP contribution in [0, 0.1) is 29.9 Å². The summed E-state index contributed by atoms with van der Waals surface area (Å²) in [6.07, 6.45) is 3.81. The van der Waals surface area contributed by atoms with E-state index < -0.39 is 40.3 Å². The van der Waals surface area contributed by atoms with Gasteiger partial charge >= 0.3 is 11.6 Å². The van der Waals surface area contributed by atoms with E-state index in [1.807, 2.05) is 4.90 Å². The molecule has 16 heteroatoms. The summed E-state index contributed by atoms with van der Waals surface area (Å²) in [6.45, 7) is 4.39. The summed E-state index contributed by atoms with van der Waals surface area (Å²) in [5.41, 5.74) is -5.73. The van der Waals surface area contributed by atoms with Crippen molar-refractivity contribution in [2.24, 2.45) is 0 Å². The number of fused-ring (bicyclic) bond motifs is 5. The fourth-order valence-electron chi connectivity index (χ4n) is 7.31. The molecule has 0 saturated carbocycles. The lowest BCUT2D eigenvalue weighted by Crippen LogP contribution is -2.67. The van der Waals surface area contributed by atoms with Crippen molar-refractivity contribution >= 4 is 39.2 Å². The lowest BCUT2D eigenvalue weighted by Gasteiger charge is -2.48. The highest BCUT2D eigenvalue weighted by molar-refractivity contribution is 6.21. The molecule has 10 nitrogen and oxygen atoms in total. The zero-order valence-corrected chi connectivity index (χ0v) is 26.1. The van der Waals surface area contributed by atoms with Gasteiger partial charge in [-0.2, -0.15) is 20.3 Å². The van der Waals surface area contributed by atoms with Gasteiger partial charge in [0, 0.05) is 65.7 Å². The number of aromatic nitrogens is 4. The maximum Gasteiger partial charge on any atom is 0.487 e. The quantitative estimate of drug-likeness (QED) is 0.207. The molecule has 0 spiro atoms. The number of nitriles is 1. The number of benzene rings is 2. The molecule has 5 aliphatic rings. The first kappa shape index (κ1) is 31.6. The molecule has 5 saturated heterocycles. The van der Waals surface area contributed by atoms with Crippen molar-refractivity contribution in [3.8, 4) is 29.0 Å². The van der Waals surface area contributed by atoms with E-state index in [9.17, 15) is 18.4 Å². The Morgan fingerprint density at radius 1 is 1.11 bits per heavy atom. The first-order chi connectivity index (χ1) is 22.4. The van der Waals surface area contributed by atoms with Gasteiger partial charge in [-0.05, 0) is 56.8 Å². The van der Waals surface area contributed by atoms with Crippen LogP contribution in [0.5, 0.6) is 11.8 Å². The van der Waals surface area contributed by atoms with Gasteiger partial charge in [-0.3, -0.25) is 10.00 Å². The molecule has 0 aliphatic carbocycles. The van der Waals surface area contributed by atoms with Crippen molar-refractivity contribution in [2.45, 2.75) is 62.5 Å². The summed E-state index contributed by atoms with van der Waals surface area (Å²) in [4.78, 5) is 12.7. The average Bonchev–Trinajstić information content (AvgIpc) is 3.72. The minimum absolute atomic E-state index is 0.0702. The molecule has 2 aromatic heterocycles. The molecular formula is C31H30ClF5N8O2. The smallest absolute Gasteiger partial charge is 0.467 e. The van der Waals surface area contributed by atoms with Gasteiger partial charge in [0.15, 0.2) is 11.5 Å². The third-order valence-electron chi connectivity index (χ3n) is 9.27. The average molecular weight is 677 g/mol. The van der Waals surface area contributed by atoms with E-state index in [1.165, 1.54) is 32.9 Å². The fraction of sp³-hybridized carbons (Fsp3) is 0.484. The number of aromatic amines is 1. The number of nitrogens with zero attached hydrogens (tertiary/aromatic N) is 6. The molecule has 5 aliphatic heterocycles. The lowest BCUT2D eigenvalue weighted by atomic mass is 9.91. The SMILES string of the molecule is COc1nc(N2CC3CC(C2)N3)c2cc(F)c(-c3c(OC(F)(F)Cl)c(C)cc4[nH]nc(C#N)c34)c(F)c2n1.FC1CC2CCCN2C1. The van der Waals surface area contributed by atoms with Crippen LogP contribution < -0.4 is 19.7 Å². The maximum absolute atomic E-state index is 16.4. The van der Waals surface area contributed by atoms with Crippen molar-refractivity contribution in [2.75, 3.05) is 38.2 Å². The number of alkyl halides is 4. The number of piperidine rings is 1. The number of rotatable bonds is 5. The highest BCUT2D eigenvalue weighted by Gasteiger charge is 2.39. The number of ether oxygens (including phenoxy) is 2. The highest BCUT2D eigenvalue weighted by Crippen LogP contribution is 2.47. The molecule has 7 heterocycles. The van der Waals surface area contributed by atoms with Gasteiger partial charge < -0.3 is 19.7 Å². The minimum atomic E-state index is -4.21. The Morgan fingerprint density at radius 2 is 1.85 bits per heavy atom. The van der Waals surface area contributed by atoms with Gasteiger partial charge in [0.05, 0.1) is 18.2 Å². The number of hydrogen-bond donors (Lipinski definition) is 2. The molecule has 248 valence electrons. The Hall–Kier alpha value is -4.00. The molecule has 47 heavy (non-hydrogen) atoms. The maximum atomic E-state index is 16.4. The molecule has 0 radical (unpaired) electrons. The van der Waals surface area contributed by atoms with Crippen LogP contribution in [-0.4, -0.2) is 88.2 Å². The molecular weight excluding hydrogens is 647 g/mol. The molecule has 4 aromatic rings. The van der Waals surface area contributed by atoms with Crippen LogP contribution in [0.3, 0.4) is 0 Å². The molecule has 2 N–H and O–H groups in total. The Labute approximate surface area is 270 Å². The van der Waals surface area contributed by atoms with Gasteiger partial charge in [0.1, 0.15) is 35.1 Å². The topological polar surface area (TPSA) is 115 Å². The minimum Gasteiger partial charge on any atom is -0.467 e. The summed E-state index contributed by atoms with van der Waals surface area (Å²) in [7, 11) is 1.31. The summed E-state index contributed by atoms with van der Waals surface area (Å²) in [5.74, 6) is -2.62. The van der Waals surface area contributed by atoms with Crippen LogP contribution in [0.2, 0.25) is 0 Å². The summed E-state index contributed by atoms with van der Waals surface area (Å²) in [5, 5.41) is 19.4. The Morgan fingerprint density at radius 3 is 2.51 bits per heavy atom. The Balaban J connectivity index is 0.000000334. The third kappa shape index (κ3) is 5.76. The van der Waals surface area contributed by atoms with Crippen LogP contribution in [0.25, 0.3) is 32.9 Å². The predicted octanol–water partition coefficient (Wildman–Crippen LogP) is 5.55. The lowest BCUT2D eigenvalue weighted by molar-refractivity contribution is -0.0964. The zero-order chi connectivity index (χ0) is 33.2. The molecule has 2 aromatic carbocycles. The number of methoxy groups -OCH3 is 1. The number of piperazine rings is 1. The third-order valence-corrected chi connectivity index (χ3v) is 9.35. The number of halogens is 6. The number of anilines is 1. The van der Waals surface area contributed by atoms with E-state index in [2.05, 4.69) is 35.1 Å². The standard InChI is InChI=1S/C24H18ClF4N7O2.C7H12FN/c1-9-3-14-17(15(6-30)35-34-14)18(21(9)38-24(25,28)29)16-13(26)5-12-20(19(16)27)32-23(37-2)33-22(12)36-7-10-4-11(8-36)31-10;8-6-4-7-2-1-3-9(7)5-6/h3,5,10-11,31H,4,7-8H2,1-2H3,(H,34,35);6-7H,1-5H2. The molecule has 4 atom stereocenters. The monoisotopic (exact) mass is 676 g/mol. The first-order valence-corrected chi connectivity index (χ1v) is 15.6. The van der Waals surface area contributed by atoms with E-state index >= 15 is 8.78 Å². The van der Waals surface area contributed by atoms with E-state index in [0.29, 0.717) is 25.7 Å². The number of H-pyrrole nitrogens is 1. The second kappa shape index (κ2) is 11.9. The molecule has 0 amide bonds. The Kier molecular flexibility index (Phi) is 8.00. The second-order valence-corrected chi connectivity index (χ2v) is 12.8. The van der Waals surface area contributed by atoms with Crippen molar-refractivity contribution < 1.29 is 31.4 Å². The van der Waals surface area contributed by atoms with Crippen molar-refractivity contribution in [3.63, 3.8) is 0 Å².